The number of ether oxygens (including phenoxy) is 1. The van der Waals surface area contributed by atoms with E-state index in [9.17, 15) is 21.6 Å². The summed E-state index contributed by atoms with van der Waals surface area (Å²) in [6, 6.07) is 0. The number of carbonyl (C=O) groups excluding carboxylic acids is 1. The van der Waals surface area contributed by atoms with Crippen molar-refractivity contribution in [2.75, 3.05) is 7.11 Å². The van der Waals surface area contributed by atoms with Crippen molar-refractivity contribution in [1.82, 2.24) is 5.32 Å². The van der Waals surface area contributed by atoms with Crippen LogP contribution in [0, 0.1) is 0 Å². The fourth-order valence-electron chi connectivity index (χ4n) is 0.458. The van der Waals surface area contributed by atoms with Crippen LogP contribution in [0.3, 0.4) is 0 Å². The van der Waals surface area contributed by atoms with Crippen molar-refractivity contribution in [3.8, 4) is 0 Å². The quantitative estimate of drug-likeness (QED) is 0.347. The number of hydrogen-bond donors (Lipinski definition) is 3. The zero-order chi connectivity index (χ0) is 11.6. The molecule has 0 aliphatic heterocycles. The zero-order valence-corrected chi connectivity index (χ0v) is 12.5. The van der Waals surface area contributed by atoms with Crippen molar-refractivity contribution in [1.29, 1.82) is 0 Å². The van der Waals surface area contributed by atoms with E-state index in [0.29, 0.717) is 0 Å². The van der Waals surface area contributed by atoms with Crippen molar-refractivity contribution in [2.45, 2.75) is 4.71 Å². The van der Waals surface area contributed by atoms with E-state index >= 15 is 0 Å². The Morgan fingerprint density at radius 3 is 1.73 bits per heavy atom. The fraction of sp³-hybridized carbons (Fsp3) is 0.667. The molecular formula is C3H7KNO8S2+. The third kappa shape index (κ3) is 6.80. The average Bonchev–Trinajstić information content (AvgIpc) is 1.95. The molecule has 0 atom stereocenters. The maximum Gasteiger partial charge on any atom is 1.00 e. The third-order valence-electron chi connectivity index (χ3n) is 0.962. The molecule has 0 aromatic heterocycles. The first-order chi connectivity index (χ1) is 6.09. The van der Waals surface area contributed by atoms with Gasteiger partial charge in [0.2, 0.25) is 0 Å². The van der Waals surface area contributed by atoms with Crippen LogP contribution in [0.25, 0.3) is 0 Å². The molecule has 0 radical (unpaired) electrons. The number of hydrogen-bond acceptors (Lipinski definition) is 6. The van der Waals surface area contributed by atoms with Crippen molar-refractivity contribution >= 4 is 26.3 Å². The van der Waals surface area contributed by atoms with E-state index in [4.69, 9.17) is 9.11 Å². The van der Waals surface area contributed by atoms with E-state index in [0.717, 1.165) is 7.11 Å². The minimum absolute atomic E-state index is 0. The molecule has 0 fully saturated rings. The SMILES string of the molecule is COC(=O)NC(S(=O)(=O)O)S(=O)(=O)O.[K+]. The van der Waals surface area contributed by atoms with Gasteiger partial charge in [0.25, 0.3) is 4.71 Å². The van der Waals surface area contributed by atoms with Crippen molar-refractivity contribution in [2.24, 2.45) is 0 Å². The molecule has 3 N–H and O–H groups in total. The van der Waals surface area contributed by atoms with E-state index in [1.807, 2.05) is 0 Å². The van der Waals surface area contributed by atoms with Crippen molar-refractivity contribution < 1.29 is 86.9 Å². The van der Waals surface area contributed by atoms with Crippen molar-refractivity contribution in [3.05, 3.63) is 0 Å². The fourth-order valence-corrected chi connectivity index (χ4v) is 2.18. The smallest absolute Gasteiger partial charge is 0.453 e. The first-order valence-electron chi connectivity index (χ1n) is 2.86. The Bertz CT molecular complexity index is 379. The maximum atomic E-state index is 10.4. The molecule has 15 heavy (non-hydrogen) atoms. The summed E-state index contributed by atoms with van der Waals surface area (Å²) < 4.78 is 59.2. The summed E-state index contributed by atoms with van der Waals surface area (Å²) in [5, 5.41) is 1.21. The Balaban J connectivity index is 0. The van der Waals surface area contributed by atoms with Crippen LogP contribution in [0.1, 0.15) is 0 Å². The molecule has 0 rings (SSSR count). The Hall–Kier alpha value is 0.726. The standard InChI is InChI=1S/C3H7NO8S2.K/c1-12-2(5)4-3(13(6,7)8)14(9,10)11;/h3H,1H3,(H,4,5)(H,6,7,8)(H,9,10,11);/q;+1. The van der Waals surface area contributed by atoms with Gasteiger partial charge in [0, 0.05) is 0 Å². The Morgan fingerprint density at radius 1 is 1.20 bits per heavy atom. The summed E-state index contributed by atoms with van der Waals surface area (Å²) in [6.07, 6.45) is -1.44. The zero-order valence-electron chi connectivity index (χ0n) is 7.74. The van der Waals surface area contributed by atoms with Gasteiger partial charge in [-0.2, -0.15) is 16.8 Å². The van der Waals surface area contributed by atoms with E-state index in [1.54, 1.807) is 0 Å². The number of methoxy groups -OCH3 is 1. The van der Waals surface area contributed by atoms with Crippen molar-refractivity contribution in [3.63, 3.8) is 0 Å². The molecule has 0 spiro atoms. The normalized spacial score (nSPS) is 11.7. The van der Waals surface area contributed by atoms with E-state index in [1.165, 1.54) is 5.32 Å². The van der Waals surface area contributed by atoms with Gasteiger partial charge in [-0.05, 0) is 0 Å². The molecule has 0 heterocycles. The predicted molar refractivity (Wildman–Crippen MR) is 42.4 cm³/mol. The van der Waals surface area contributed by atoms with E-state index < -0.39 is 31.0 Å². The number of rotatable bonds is 3. The topological polar surface area (TPSA) is 147 Å². The second kappa shape index (κ2) is 6.46. The molecule has 0 unspecified atom stereocenters. The monoisotopic (exact) mass is 288 g/mol. The number of carbonyl (C=O) groups is 1. The van der Waals surface area contributed by atoms with E-state index in [-0.39, 0.29) is 51.4 Å². The molecule has 1 amide bonds. The molecular weight excluding hydrogens is 281 g/mol. The second-order valence-corrected chi connectivity index (χ2v) is 5.30. The molecule has 9 nitrogen and oxygen atoms in total. The third-order valence-corrected chi connectivity index (χ3v) is 3.74. The Kier molecular flexibility index (Phi) is 7.79. The Morgan fingerprint density at radius 2 is 1.53 bits per heavy atom. The molecule has 0 aliphatic carbocycles. The van der Waals surface area contributed by atoms with Crippen LogP contribution < -0.4 is 56.7 Å². The van der Waals surface area contributed by atoms with Crippen LogP contribution in [-0.2, 0) is 25.0 Å². The van der Waals surface area contributed by atoms with Crippen LogP contribution in [0.5, 0.6) is 0 Å². The molecule has 0 saturated carbocycles. The van der Waals surface area contributed by atoms with Gasteiger partial charge < -0.3 is 4.74 Å². The summed E-state index contributed by atoms with van der Waals surface area (Å²) >= 11 is 0. The molecule has 0 saturated heterocycles. The summed E-state index contributed by atoms with van der Waals surface area (Å²) in [7, 11) is -9.52. The molecule has 0 bridgehead atoms. The summed E-state index contributed by atoms with van der Waals surface area (Å²) in [4.78, 5) is 10.4. The average molecular weight is 288 g/mol. The first kappa shape index (κ1) is 18.1. The van der Waals surface area contributed by atoms with Gasteiger partial charge in [-0.25, -0.2) is 4.79 Å². The van der Waals surface area contributed by atoms with Gasteiger partial charge >= 0.3 is 77.7 Å². The van der Waals surface area contributed by atoms with Gasteiger partial charge in [-0.3, -0.25) is 14.4 Å². The van der Waals surface area contributed by atoms with Crippen LogP contribution in [-0.4, -0.2) is 43.9 Å². The molecule has 0 aromatic carbocycles. The van der Waals surface area contributed by atoms with Gasteiger partial charge in [-0.1, -0.05) is 0 Å². The summed E-state index contributed by atoms with van der Waals surface area (Å²) in [6.45, 7) is 0. The first-order valence-corrected chi connectivity index (χ1v) is 5.86. The van der Waals surface area contributed by atoms with E-state index in [2.05, 4.69) is 4.74 Å². The summed E-state index contributed by atoms with van der Waals surface area (Å²) in [5.41, 5.74) is 0. The number of amides is 1. The molecule has 84 valence electrons. The summed E-state index contributed by atoms with van der Waals surface area (Å²) in [5.74, 6) is 0. The number of alkyl carbamates (subject to hydrolysis) is 1. The number of nitrogens with one attached hydrogen (secondary N) is 1. The van der Waals surface area contributed by atoms with Gasteiger partial charge in [0.05, 0.1) is 7.11 Å². The predicted octanol–water partition coefficient (Wildman–Crippen LogP) is -4.59. The van der Waals surface area contributed by atoms with Crippen LogP contribution in [0.15, 0.2) is 0 Å². The Labute approximate surface area is 128 Å². The van der Waals surface area contributed by atoms with Gasteiger partial charge in [-0.15, -0.1) is 0 Å². The molecule has 0 aliphatic rings. The molecule has 0 aromatic rings. The van der Waals surface area contributed by atoms with Crippen LogP contribution in [0.4, 0.5) is 4.79 Å². The second-order valence-electron chi connectivity index (χ2n) is 2.00. The minimum Gasteiger partial charge on any atom is -0.453 e. The minimum atomic E-state index is -5.18. The molecule has 12 heteroatoms. The van der Waals surface area contributed by atoms with Crippen LogP contribution >= 0.6 is 0 Å². The van der Waals surface area contributed by atoms with Gasteiger partial charge in [0.1, 0.15) is 0 Å². The largest absolute Gasteiger partial charge is 1.00 e. The van der Waals surface area contributed by atoms with Gasteiger partial charge in [0.15, 0.2) is 0 Å². The van der Waals surface area contributed by atoms with Crippen LogP contribution in [0.2, 0.25) is 0 Å². The maximum absolute atomic E-state index is 10.4.